The lowest BCUT2D eigenvalue weighted by atomic mass is 9.95. The molecule has 166 valence electrons. The highest BCUT2D eigenvalue weighted by atomic mass is 35.5. The summed E-state index contributed by atoms with van der Waals surface area (Å²) in [5, 5.41) is 14.2. The van der Waals surface area contributed by atoms with Crippen molar-refractivity contribution >= 4 is 29.0 Å². The van der Waals surface area contributed by atoms with Gasteiger partial charge in [-0.25, -0.2) is 4.79 Å². The Morgan fingerprint density at radius 1 is 1.10 bits per heavy atom. The number of carbonyl (C=O) groups is 1. The van der Waals surface area contributed by atoms with Gasteiger partial charge in [0.2, 0.25) is 0 Å². The summed E-state index contributed by atoms with van der Waals surface area (Å²) in [4.78, 5) is 16.8. The Bertz CT molecular complexity index is 962. The number of piperidine rings is 1. The largest absolute Gasteiger partial charge is 0.496 e. The van der Waals surface area contributed by atoms with E-state index in [-0.39, 0.29) is 12.6 Å². The molecule has 2 aromatic carbocycles. The van der Waals surface area contributed by atoms with Crippen LogP contribution in [0.15, 0.2) is 30.3 Å². The maximum absolute atomic E-state index is 13.0. The molecule has 2 aliphatic heterocycles. The molecular weight excluding hydrogens is 418 g/mol. The van der Waals surface area contributed by atoms with Crippen LogP contribution in [0, 0.1) is 0 Å². The molecule has 0 bridgehead atoms. The molecule has 0 radical (unpaired) electrons. The lowest BCUT2D eigenvalue weighted by molar-refractivity contribution is 0.105. The second-order valence-corrected chi connectivity index (χ2v) is 8.31. The van der Waals surface area contributed by atoms with E-state index in [9.17, 15) is 9.90 Å². The van der Waals surface area contributed by atoms with Crippen molar-refractivity contribution in [1.82, 2.24) is 4.90 Å². The van der Waals surface area contributed by atoms with E-state index in [1.165, 1.54) is 19.3 Å². The normalized spacial score (nSPS) is 18.4. The average molecular weight is 446 g/mol. The third kappa shape index (κ3) is 4.38. The Morgan fingerprint density at radius 3 is 2.48 bits per heavy atom. The van der Waals surface area contributed by atoms with Crippen molar-refractivity contribution < 1.29 is 19.4 Å². The topological polar surface area (TPSA) is 74.3 Å². The van der Waals surface area contributed by atoms with Gasteiger partial charge in [-0.3, -0.25) is 0 Å². The van der Waals surface area contributed by atoms with E-state index < -0.39 is 6.10 Å². The number of hydrogen-bond donors (Lipinski definition) is 2. The zero-order valence-corrected chi connectivity index (χ0v) is 18.6. The number of benzene rings is 2. The first-order valence-corrected chi connectivity index (χ1v) is 10.9. The van der Waals surface area contributed by atoms with Crippen LogP contribution in [0.4, 0.5) is 16.2 Å². The Labute approximate surface area is 187 Å². The van der Waals surface area contributed by atoms with Gasteiger partial charge in [-0.15, -0.1) is 0 Å². The zero-order valence-electron chi connectivity index (χ0n) is 17.9. The van der Waals surface area contributed by atoms with E-state index in [2.05, 4.69) is 10.2 Å². The molecule has 8 heteroatoms. The number of aliphatic hydroxyl groups excluding tert-OH is 1. The van der Waals surface area contributed by atoms with E-state index in [1.807, 2.05) is 12.1 Å². The van der Waals surface area contributed by atoms with Gasteiger partial charge in [-0.05, 0) is 49.6 Å². The second-order valence-electron chi connectivity index (χ2n) is 7.90. The van der Waals surface area contributed by atoms with Crippen LogP contribution in [0.3, 0.4) is 0 Å². The number of carbonyl (C=O) groups excluding carboxylic acids is 1. The van der Waals surface area contributed by atoms with Gasteiger partial charge in [-0.2, -0.15) is 0 Å². The van der Waals surface area contributed by atoms with Gasteiger partial charge in [0, 0.05) is 29.9 Å². The van der Waals surface area contributed by atoms with E-state index in [0.29, 0.717) is 34.3 Å². The van der Waals surface area contributed by atoms with Crippen molar-refractivity contribution in [3.63, 3.8) is 0 Å². The Hall–Kier alpha value is -2.64. The molecule has 1 unspecified atom stereocenters. The Morgan fingerprint density at radius 2 is 1.81 bits per heavy atom. The molecule has 4 rings (SSSR count). The van der Waals surface area contributed by atoms with E-state index in [4.69, 9.17) is 21.1 Å². The molecule has 2 N–H and O–H groups in total. The summed E-state index contributed by atoms with van der Waals surface area (Å²) in [6, 6.07) is 8.84. The van der Waals surface area contributed by atoms with Gasteiger partial charge in [0.05, 0.1) is 38.0 Å². The predicted molar refractivity (Wildman–Crippen MR) is 121 cm³/mol. The molecule has 1 saturated heterocycles. The number of nitrogens with zero attached hydrogens (tertiary/aromatic N) is 2. The highest BCUT2D eigenvalue weighted by molar-refractivity contribution is 6.33. The molecule has 1 atom stereocenters. The number of nitrogens with one attached hydrogen (secondary N) is 1. The molecule has 31 heavy (non-hydrogen) atoms. The minimum absolute atomic E-state index is 0.155. The number of rotatable bonds is 4. The maximum Gasteiger partial charge on any atom is 0.322 e. The molecule has 2 aromatic rings. The number of hydrogen-bond acceptors (Lipinski definition) is 5. The highest BCUT2D eigenvalue weighted by Gasteiger charge is 2.32. The summed E-state index contributed by atoms with van der Waals surface area (Å²) in [5.74, 6) is 1.20. The zero-order chi connectivity index (χ0) is 22.0. The molecule has 2 aliphatic rings. The van der Waals surface area contributed by atoms with Crippen LogP contribution in [0.25, 0.3) is 0 Å². The lowest BCUT2D eigenvalue weighted by Gasteiger charge is -2.34. The first kappa shape index (κ1) is 21.6. The van der Waals surface area contributed by atoms with Crippen LogP contribution in [-0.2, 0) is 6.54 Å². The highest BCUT2D eigenvalue weighted by Crippen LogP contribution is 2.39. The number of ether oxygens (including phenoxy) is 2. The fraction of sp³-hybridized carbons (Fsp3) is 0.435. The standard InChI is InChI=1S/C23H28ClN3O4/c1-30-20-8-9-21(31-2)22-16(20)13-27(14-19(22)28)23(29)25-15-6-7-18(17(24)12-15)26-10-4-3-5-11-26/h6-9,12,19,28H,3-5,10-11,13-14H2,1-2H3,(H,25,29). The van der Waals surface area contributed by atoms with Gasteiger partial charge in [0.1, 0.15) is 17.6 Å². The van der Waals surface area contributed by atoms with Crippen molar-refractivity contribution in [1.29, 1.82) is 0 Å². The summed E-state index contributed by atoms with van der Waals surface area (Å²) in [6.07, 6.45) is 2.72. The van der Waals surface area contributed by atoms with Crippen molar-refractivity contribution in [2.45, 2.75) is 31.9 Å². The summed E-state index contributed by atoms with van der Waals surface area (Å²) >= 11 is 6.52. The molecular formula is C23H28ClN3O4. The Kier molecular flexibility index (Phi) is 6.43. The third-order valence-electron chi connectivity index (χ3n) is 5.97. The van der Waals surface area contributed by atoms with Crippen LogP contribution in [0.2, 0.25) is 5.02 Å². The van der Waals surface area contributed by atoms with Gasteiger partial charge < -0.3 is 29.7 Å². The first-order chi connectivity index (χ1) is 15.0. The van der Waals surface area contributed by atoms with E-state index >= 15 is 0 Å². The average Bonchev–Trinajstić information content (AvgIpc) is 2.78. The number of methoxy groups -OCH3 is 2. The number of anilines is 2. The Balaban J connectivity index is 1.50. The van der Waals surface area contributed by atoms with Gasteiger partial charge in [0.25, 0.3) is 0 Å². The molecule has 0 aliphatic carbocycles. The van der Waals surface area contributed by atoms with E-state index in [1.54, 1.807) is 37.3 Å². The fourth-order valence-electron chi connectivity index (χ4n) is 4.41. The molecule has 0 spiro atoms. The van der Waals surface area contributed by atoms with Gasteiger partial charge in [-0.1, -0.05) is 11.6 Å². The van der Waals surface area contributed by atoms with Crippen LogP contribution in [0.1, 0.15) is 36.5 Å². The summed E-state index contributed by atoms with van der Waals surface area (Å²) in [7, 11) is 3.13. The fourth-order valence-corrected chi connectivity index (χ4v) is 4.71. The van der Waals surface area contributed by atoms with Crippen LogP contribution in [0.5, 0.6) is 11.5 Å². The predicted octanol–water partition coefficient (Wildman–Crippen LogP) is 4.43. The molecule has 1 fully saturated rings. The SMILES string of the molecule is COc1ccc(OC)c2c1CN(C(=O)Nc1ccc(N3CCCCC3)c(Cl)c1)CC2O. The molecule has 2 heterocycles. The minimum atomic E-state index is -0.871. The second kappa shape index (κ2) is 9.24. The maximum atomic E-state index is 13.0. The summed E-state index contributed by atoms with van der Waals surface area (Å²) < 4.78 is 10.8. The first-order valence-electron chi connectivity index (χ1n) is 10.5. The van der Waals surface area contributed by atoms with Crippen LogP contribution in [-0.4, -0.2) is 49.9 Å². The number of β-amino-alcohol motifs (C(OH)–C–C–N with tert-alkyl or cyclic N) is 1. The number of halogens is 1. The molecule has 7 nitrogen and oxygen atoms in total. The monoisotopic (exact) mass is 445 g/mol. The number of amides is 2. The van der Waals surface area contributed by atoms with Crippen molar-refractivity contribution in [3.8, 4) is 11.5 Å². The summed E-state index contributed by atoms with van der Waals surface area (Å²) in [5.41, 5.74) is 3.03. The lowest BCUT2D eigenvalue weighted by Crippen LogP contribution is -2.41. The smallest absolute Gasteiger partial charge is 0.322 e. The van der Waals surface area contributed by atoms with Gasteiger partial charge in [0.15, 0.2) is 0 Å². The van der Waals surface area contributed by atoms with Crippen molar-refractivity contribution in [3.05, 3.63) is 46.5 Å². The van der Waals surface area contributed by atoms with Crippen LogP contribution >= 0.6 is 11.6 Å². The van der Waals surface area contributed by atoms with Crippen LogP contribution < -0.4 is 19.7 Å². The van der Waals surface area contributed by atoms with Gasteiger partial charge >= 0.3 is 6.03 Å². The number of fused-ring (bicyclic) bond motifs is 1. The molecule has 2 amide bonds. The number of aliphatic hydroxyl groups is 1. The van der Waals surface area contributed by atoms with E-state index in [0.717, 1.165) is 24.3 Å². The molecule has 0 saturated carbocycles. The summed E-state index contributed by atoms with van der Waals surface area (Å²) in [6.45, 7) is 2.46. The third-order valence-corrected chi connectivity index (χ3v) is 6.28. The minimum Gasteiger partial charge on any atom is -0.496 e. The van der Waals surface area contributed by atoms with Crippen molar-refractivity contribution in [2.75, 3.05) is 44.1 Å². The quantitative estimate of drug-likeness (QED) is 0.728. The number of urea groups is 1. The molecule has 0 aromatic heterocycles. The van der Waals surface area contributed by atoms with Crippen molar-refractivity contribution in [2.24, 2.45) is 0 Å².